The fraction of sp³-hybridized carbons (Fsp3) is 0.850. The Kier molecular flexibility index (Phi) is 27.1. The summed E-state index contributed by atoms with van der Waals surface area (Å²) in [7, 11) is 0. The number of aliphatic hydroxyl groups is 2. The molecule has 1 aliphatic carbocycles. The van der Waals surface area contributed by atoms with Gasteiger partial charge in [-0.1, -0.05) is 109 Å². The van der Waals surface area contributed by atoms with Gasteiger partial charge in [0.15, 0.2) is 0 Å². The molecule has 0 aliphatic heterocycles. The summed E-state index contributed by atoms with van der Waals surface area (Å²) in [5.74, 6) is -0.362. The summed E-state index contributed by atoms with van der Waals surface area (Å²) in [6, 6.07) is 0. The van der Waals surface area contributed by atoms with E-state index in [9.17, 15) is 19.8 Å². The first-order valence-corrected chi connectivity index (χ1v) is 19.4. The highest BCUT2D eigenvalue weighted by molar-refractivity contribution is 5.69. The highest BCUT2D eigenvalue weighted by Crippen LogP contribution is 2.39. The molecule has 5 atom stereocenters. The first-order valence-electron chi connectivity index (χ1n) is 19.4. The van der Waals surface area contributed by atoms with E-state index >= 15 is 0 Å². The maximum absolute atomic E-state index is 12.1. The van der Waals surface area contributed by atoms with Crippen LogP contribution in [-0.2, 0) is 19.1 Å². The van der Waals surface area contributed by atoms with Crippen LogP contribution in [0.25, 0.3) is 0 Å². The SMILES string of the molecule is CCCCCC/C=C/CCCCCCCCOC(=O)CCC/C=C\C[C@@H]1[C@@H](CC[C@H](CCCCCCC)OC(C)=O)[C@H](O)C[C@@H]1O. The van der Waals surface area contributed by atoms with Crippen molar-refractivity contribution in [2.45, 2.75) is 200 Å². The van der Waals surface area contributed by atoms with Crippen molar-refractivity contribution in [1.82, 2.24) is 0 Å². The number of allylic oxidation sites excluding steroid dienone is 4. The number of esters is 2. The van der Waals surface area contributed by atoms with E-state index in [1.807, 2.05) is 0 Å². The normalized spacial score (nSPS) is 20.5. The number of ether oxygens (including phenoxy) is 2. The van der Waals surface area contributed by atoms with Gasteiger partial charge in [0.2, 0.25) is 0 Å². The van der Waals surface area contributed by atoms with Gasteiger partial charge in [-0.05, 0) is 95.3 Å². The van der Waals surface area contributed by atoms with Gasteiger partial charge in [0.25, 0.3) is 0 Å². The van der Waals surface area contributed by atoms with Gasteiger partial charge in [0.1, 0.15) is 6.10 Å². The molecule has 0 aromatic heterocycles. The number of carbonyl (C=O) groups is 2. The molecule has 0 heterocycles. The summed E-state index contributed by atoms with van der Waals surface area (Å²) in [4.78, 5) is 23.8. The number of carbonyl (C=O) groups excluding carboxylic acids is 2. The van der Waals surface area contributed by atoms with Crippen LogP contribution in [0, 0.1) is 11.8 Å². The van der Waals surface area contributed by atoms with Gasteiger partial charge in [0, 0.05) is 13.3 Å². The average molecular weight is 649 g/mol. The molecule has 0 spiro atoms. The molecule has 2 N–H and O–H groups in total. The maximum Gasteiger partial charge on any atom is 0.305 e. The first kappa shape index (κ1) is 42.4. The standard InChI is InChI=1S/C40H72O6/c1-4-6-8-10-11-12-13-14-15-16-17-18-22-26-32-45-40(44)29-25-21-20-24-28-36-37(39(43)33-38(36)42)31-30-35(46-34(3)41)27-23-19-9-7-5-2/h12-13,20,24,35-39,42-43H,4-11,14-19,21-23,25-33H2,1-3H3/b13-12+,24-20-/t35-,36+,37+,38-,39+/m0/s1. The zero-order valence-electron chi connectivity index (χ0n) is 30.1. The quantitative estimate of drug-likeness (QED) is 0.0457. The third-order valence-corrected chi connectivity index (χ3v) is 9.55. The van der Waals surface area contributed by atoms with Crippen molar-refractivity contribution in [3.8, 4) is 0 Å². The van der Waals surface area contributed by atoms with Crippen molar-refractivity contribution in [2.75, 3.05) is 6.61 Å². The number of hydrogen-bond donors (Lipinski definition) is 2. The van der Waals surface area contributed by atoms with Crippen LogP contribution in [0.1, 0.15) is 181 Å². The van der Waals surface area contributed by atoms with E-state index in [0.717, 1.165) is 57.8 Å². The molecule has 1 rings (SSSR count). The zero-order valence-corrected chi connectivity index (χ0v) is 30.1. The molecule has 0 aromatic carbocycles. The van der Waals surface area contributed by atoms with Crippen LogP contribution >= 0.6 is 0 Å². The lowest BCUT2D eigenvalue weighted by molar-refractivity contribution is -0.147. The molecule has 0 amide bonds. The van der Waals surface area contributed by atoms with Crippen molar-refractivity contribution in [3.05, 3.63) is 24.3 Å². The van der Waals surface area contributed by atoms with Crippen LogP contribution in [0.15, 0.2) is 24.3 Å². The zero-order chi connectivity index (χ0) is 33.7. The molecular weight excluding hydrogens is 576 g/mol. The Bertz CT molecular complexity index is 793. The van der Waals surface area contributed by atoms with Gasteiger partial charge in [-0.15, -0.1) is 0 Å². The smallest absolute Gasteiger partial charge is 0.305 e. The number of aliphatic hydroxyl groups excluding tert-OH is 2. The molecule has 46 heavy (non-hydrogen) atoms. The summed E-state index contributed by atoms with van der Waals surface area (Å²) in [5.41, 5.74) is 0. The fourth-order valence-electron chi connectivity index (χ4n) is 6.75. The van der Waals surface area contributed by atoms with Crippen molar-refractivity contribution >= 4 is 11.9 Å². The van der Waals surface area contributed by atoms with Gasteiger partial charge >= 0.3 is 11.9 Å². The highest BCUT2D eigenvalue weighted by atomic mass is 16.5. The molecule has 0 aromatic rings. The van der Waals surface area contributed by atoms with Crippen LogP contribution in [0.4, 0.5) is 0 Å². The third kappa shape index (κ3) is 22.8. The minimum Gasteiger partial charge on any atom is -0.466 e. The maximum atomic E-state index is 12.1. The Morgan fingerprint density at radius 2 is 1.22 bits per heavy atom. The summed E-state index contributed by atoms with van der Waals surface area (Å²) >= 11 is 0. The second-order valence-electron chi connectivity index (χ2n) is 13.8. The topological polar surface area (TPSA) is 93.1 Å². The first-order chi connectivity index (χ1) is 22.4. The molecule has 6 heteroatoms. The molecule has 0 saturated heterocycles. The predicted octanol–water partition coefficient (Wildman–Crippen LogP) is 10.3. The van der Waals surface area contributed by atoms with Crippen molar-refractivity contribution in [1.29, 1.82) is 0 Å². The summed E-state index contributed by atoms with van der Waals surface area (Å²) in [5, 5.41) is 21.3. The van der Waals surface area contributed by atoms with Gasteiger partial charge in [-0.25, -0.2) is 0 Å². The minimum absolute atomic E-state index is 0.000152. The van der Waals surface area contributed by atoms with E-state index in [1.165, 1.54) is 90.4 Å². The Balaban J connectivity index is 2.14. The Morgan fingerprint density at radius 3 is 1.89 bits per heavy atom. The lowest BCUT2D eigenvalue weighted by Crippen LogP contribution is -2.25. The van der Waals surface area contributed by atoms with Gasteiger partial charge < -0.3 is 19.7 Å². The number of unbranched alkanes of at least 4 members (excludes halogenated alkanes) is 15. The van der Waals surface area contributed by atoms with Crippen molar-refractivity contribution in [3.63, 3.8) is 0 Å². The minimum atomic E-state index is -0.525. The van der Waals surface area contributed by atoms with E-state index in [0.29, 0.717) is 25.9 Å². The largest absolute Gasteiger partial charge is 0.466 e. The van der Waals surface area contributed by atoms with Crippen LogP contribution in [-0.4, -0.2) is 47.1 Å². The van der Waals surface area contributed by atoms with E-state index in [1.54, 1.807) is 0 Å². The molecule has 1 saturated carbocycles. The molecule has 268 valence electrons. The number of hydrogen-bond acceptors (Lipinski definition) is 6. The van der Waals surface area contributed by atoms with Crippen molar-refractivity contribution in [2.24, 2.45) is 11.8 Å². The molecule has 0 bridgehead atoms. The third-order valence-electron chi connectivity index (χ3n) is 9.55. The highest BCUT2D eigenvalue weighted by Gasteiger charge is 2.40. The van der Waals surface area contributed by atoms with E-state index in [4.69, 9.17) is 9.47 Å². The van der Waals surface area contributed by atoms with Crippen LogP contribution in [0.5, 0.6) is 0 Å². The van der Waals surface area contributed by atoms with Gasteiger partial charge in [-0.2, -0.15) is 0 Å². The summed E-state index contributed by atoms with van der Waals surface area (Å²) in [6.45, 7) is 6.44. The average Bonchev–Trinajstić information content (AvgIpc) is 3.30. The second kappa shape index (κ2) is 29.5. The molecule has 1 aliphatic rings. The lowest BCUT2D eigenvalue weighted by Gasteiger charge is -2.25. The lowest BCUT2D eigenvalue weighted by atomic mass is 9.85. The monoisotopic (exact) mass is 649 g/mol. The molecule has 1 fully saturated rings. The Labute approximate surface area is 283 Å². The molecular formula is C40H72O6. The Hall–Kier alpha value is -1.66. The molecule has 0 unspecified atom stereocenters. The van der Waals surface area contributed by atoms with Crippen LogP contribution in [0.3, 0.4) is 0 Å². The van der Waals surface area contributed by atoms with E-state index in [-0.39, 0.29) is 29.9 Å². The molecule has 6 nitrogen and oxygen atoms in total. The second-order valence-corrected chi connectivity index (χ2v) is 13.8. The number of rotatable bonds is 30. The van der Waals surface area contributed by atoms with Crippen LogP contribution < -0.4 is 0 Å². The summed E-state index contributed by atoms with van der Waals surface area (Å²) in [6.07, 6.45) is 33.9. The summed E-state index contributed by atoms with van der Waals surface area (Å²) < 4.78 is 11.0. The van der Waals surface area contributed by atoms with E-state index < -0.39 is 12.2 Å². The van der Waals surface area contributed by atoms with Crippen LogP contribution in [0.2, 0.25) is 0 Å². The van der Waals surface area contributed by atoms with E-state index in [2.05, 4.69) is 38.2 Å². The van der Waals surface area contributed by atoms with Gasteiger partial charge in [-0.3, -0.25) is 9.59 Å². The van der Waals surface area contributed by atoms with Gasteiger partial charge in [0.05, 0.1) is 18.8 Å². The van der Waals surface area contributed by atoms with Crippen molar-refractivity contribution < 1.29 is 29.3 Å². The fourth-order valence-corrected chi connectivity index (χ4v) is 6.75. The predicted molar refractivity (Wildman–Crippen MR) is 191 cm³/mol. The molecule has 0 radical (unpaired) electrons. The Morgan fingerprint density at radius 1 is 0.674 bits per heavy atom.